The molecule has 0 aliphatic heterocycles. The van der Waals surface area contributed by atoms with Crippen LogP contribution in [-0.4, -0.2) is 9.78 Å². The van der Waals surface area contributed by atoms with Gasteiger partial charge in [-0.3, -0.25) is 19.4 Å². The van der Waals surface area contributed by atoms with Gasteiger partial charge in [0.25, 0.3) is 11.1 Å². The molecule has 16 heavy (non-hydrogen) atoms. The summed E-state index contributed by atoms with van der Waals surface area (Å²) in [6.07, 6.45) is 0. The first-order valence-electron chi connectivity index (χ1n) is 5.23. The zero-order valence-corrected chi connectivity index (χ0v) is 9.57. The summed E-state index contributed by atoms with van der Waals surface area (Å²) >= 11 is 0. The van der Waals surface area contributed by atoms with Crippen molar-refractivity contribution >= 4 is 10.8 Å². The first-order valence-corrected chi connectivity index (χ1v) is 5.23. The Bertz CT molecular complexity index is 650. The van der Waals surface area contributed by atoms with E-state index in [0.29, 0.717) is 16.7 Å². The van der Waals surface area contributed by atoms with Crippen molar-refractivity contribution in [3.8, 4) is 0 Å². The number of hydrogen-bond acceptors (Lipinski definition) is 2. The number of aryl methyl sites for hydroxylation is 1. The second-order valence-electron chi connectivity index (χ2n) is 4.26. The van der Waals surface area contributed by atoms with Crippen LogP contribution in [0.15, 0.2) is 27.8 Å². The molecule has 1 heterocycles. The third-order valence-electron chi connectivity index (χ3n) is 2.76. The molecule has 0 fully saturated rings. The lowest BCUT2D eigenvalue weighted by Crippen LogP contribution is -2.27. The molecule has 0 saturated heterocycles. The van der Waals surface area contributed by atoms with Crippen molar-refractivity contribution in [1.29, 1.82) is 0 Å². The van der Waals surface area contributed by atoms with Crippen molar-refractivity contribution in [1.82, 2.24) is 9.78 Å². The molecule has 4 heteroatoms. The predicted octanol–water partition coefficient (Wildman–Crippen LogP) is 1.35. The maximum absolute atomic E-state index is 11.8. The Kier molecular flexibility index (Phi) is 2.42. The Balaban J connectivity index is 2.91. The van der Waals surface area contributed by atoms with Crippen molar-refractivity contribution in [2.75, 3.05) is 0 Å². The molecule has 0 saturated carbocycles. The van der Waals surface area contributed by atoms with E-state index in [1.807, 2.05) is 6.07 Å². The highest BCUT2D eigenvalue weighted by Gasteiger charge is 2.07. The summed E-state index contributed by atoms with van der Waals surface area (Å²) in [5.74, 6) is 0.341. The third-order valence-corrected chi connectivity index (χ3v) is 2.76. The Hall–Kier alpha value is -1.84. The summed E-state index contributed by atoms with van der Waals surface area (Å²) in [5.41, 5.74) is 0.663. The van der Waals surface area contributed by atoms with Gasteiger partial charge < -0.3 is 0 Å². The average molecular weight is 218 g/mol. The van der Waals surface area contributed by atoms with Crippen LogP contribution < -0.4 is 11.1 Å². The van der Waals surface area contributed by atoms with Gasteiger partial charge in [-0.25, -0.2) is 0 Å². The van der Waals surface area contributed by atoms with E-state index >= 15 is 0 Å². The fourth-order valence-corrected chi connectivity index (χ4v) is 1.74. The van der Waals surface area contributed by atoms with Crippen LogP contribution in [0, 0.1) is 0 Å². The smallest absolute Gasteiger partial charge is 0.267 e. The van der Waals surface area contributed by atoms with Gasteiger partial charge in [0.2, 0.25) is 0 Å². The minimum absolute atomic E-state index is 0.176. The molecule has 1 aromatic carbocycles. The number of aromatic amines is 1. The van der Waals surface area contributed by atoms with E-state index in [9.17, 15) is 9.59 Å². The summed E-state index contributed by atoms with van der Waals surface area (Å²) in [6, 6.07) is 5.41. The summed E-state index contributed by atoms with van der Waals surface area (Å²) < 4.78 is 1.21. The van der Waals surface area contributed by atoms with Crippen LogP contribution in [0.5, 0.6) is 0 Å². The van der Waals surface area contributed by atoms with Gasteiger partial charge in [0.1, 0.15) is 0 Å². The maximum Gasteiger partial charge on any atom is 0.272 e. The Morgan fingerprint density at radius 1 is 1.19 bits per heavy atom. The molecular formula is C12H14N2O2. The molecule has 0 unspecified atom stereocenters. The van der Waals surface area contributed by atoms with Gasteiger partial charge in [0.15, 0.2) is 0 Å². The average Bonchev–Trinajstić information content (AvgIpc) is 2.25. The van der Waals surface area contributed by atoms with Gasteiger partial charge >= 0.3 is 0 Å². The van der Waals surface area contributed by atoms with Crippen LogP contribution >= 0.6 is 0 Å². The van der Waals surface area contributed by atoms with Gasteiger partial charge in [0, 0.05) is 7.05 Å². The summed E-state index contributed by atoms with van der Waals surface area (Å²) in [7, 11) is 1.54. The maximum atomic E-state index is 11.8. The predicted molar refractivity (Wildman–Crippen MR) is 63.9 cm³/mol. The largest absolute Gasteiger partial charge is 0.272 e. The van der Waals surface area contributed by atoms with Crippen LogP contribution in [0.1, 0.15) is 25.3 Å². The van der Waals surface area contributed by atoms with E-state index in [2.05, 4.69) is 18.9 Å². The topological polar surface area (TPSA) is 54.9 Å². The number of fused-ring (bicyclic) bond motifs is 1. The van der Waals surface area contributed by atoms with Crippen molar-refractivity contribution in [2.45, 2.75) is 19.8 Å². The summed E-state index contributed by atoms with van der Waals surface area (Å²) in [4.78, 5) is 23.5. The van der Waals surface area contributed by atoms with Crippen LogP contribution in [0.2, 0.25) is 0 Å². The summed E-state index contributed by atoms with van der Waals surface area (Å²) in [6.45, 7) is 4.10. The van der Waals surface area contributed by atoms with Gasteiger partial charge in [0.05, 0.1) is 10.8 Å². The van der Waals surface area contributed by atoms with Crippen molar-refractivity contribution < 1.29 is 0 Å². The van der Waals surface area contributed by atoms with Crippen molar-refractivity contribution in [3.63, 3.8) is 0 Å². The third kappa shape index (κ3) is 1.56. The van der Waals surface area contributed by atoms with Crippen LogP contribution in [-0.2, 0) is 7.05 Å². The zero-order chi connectivity index (χ0) is 11.9. The molecule has 84 valence electrons. The lowest BCUT2D eigenvalue weighted by atomic mass is 10.0. The molecule has 0 bridgehead atoms. The van der Waals surface area contributed by atoms with E-state index in [-0.39, 0.29) is 11.1 Å². The Morgan fingerprint density at radius 2 is 1.88 bits per heavy atom. The number of benzene rings is 1. The molecule has 0 aliphatic carbocycles. The minimum atomic E-state index is -0.223. The van der Waals surface area contributed by atoms with E-state index in [1.165, 1.54) is 4.68 Å². The number of hydrogen-bond donors (Lipinski definition) is 1. The van der Waals surface area contributed by atoms with Crippen molar-refractivity contribution in [3.05, 3.63) is 44.5 Å². The first kappa shape index (κ1) is 10.7. The van der Waals surface area contributed by atoms with Crippen molar-refractivity contribution in [2.24, 2.45) is 7.05 Å². The number of nitrogens with zero attached hydrogens (tertiary/aromatic N) is 1. The van der Waals surface area contributed by atoms with E-state index in [4.69, 9.17) is 0 Å². The Labute approximate surface area is 92.5 Å². The fourth-order valence-electron chi connectivity index (χ4n) is 1.74. The van der Waals surface area contributed by atoms with Gasteiger partial charge in [-0.15, -0.1) is 0 Å². The zero-order valence-electron chi connectivity index (χ0n) is 9.57. The number of H-pyrrole nitrogens is 1. The summed E-state index contributed by atoms with van der Waals surface area (Å²) in [5, 5.41) is 3.43. The molecule has 2 aromatic rings. The van der Waals surface area contributed by atoms with E-state index in [1.54, 1.807) is 19.2 Å². The fraction of sp³-hybridized carbons (Fsp3) is 0.333. The number of aromatic nitrogens is 2. The van der Waals surface area contributed by atoms with Crippen LogP contribution in [0.25, 0.3) is 10.8 Å². The molecular weight excluding hydrogens is 204 g/mol. The molecule has 0 amide bonds. The molecule has 1 N–H and O–H groups in total. The SMILES string of the molecule is CC(C)c1ccc2c(=O)n(C)[nH]c(=O)c2c1. The monoisotopic (exact) mass is 218 g/mol. The van der Waals surface area contributed by atoms with Crippen LogP contribution in [0.4, 0.5) is 0 Å². The highest BCUT2D eigenvalue weighted by Crippen LogP contribution is 2.16. The standard InChI is InChI=1S/C12H14N2O2/c1-7(2)8-4-5-9-10(6-8)11(15)13-14(3)12(9)16/h4-7H,1-3H3,(H,13,15). The van der Waals surface area contributed by atoms with E-state index in [0.717, 1.165) is 5.56 Å². The second kappa shape index (κ2) is 3.63. The molecule has 4 nitrogen and oxygen atoms in total. The molecule has 1 aromatic heterocycles. The molecule has 0 spiro atoms. The van der Waals surface area contributed by atoms with Crippen LogP contribution in [0.3, 0.4) is 0 Å². The first-order chi connectivity index (χ1) is 7.50. The Morgan fingerprint density at radius 3 is 2.50 bits per heavy atom. The van der Waals surface area contributed by atoms with Gasteiger partial charge in [-0.05, 0) is 23.6 Å². The molecule has 2 rings (SSSR count). The molecule has 0 atom stereocenters. The molecule has 0 radical (unpaired) electrons. The number of rotatable bonds is 1. The lowest BCUT2D eigenvalue weighted by Gasteiger charge is -2.06. The minimum Gasteiger partial charge on any atom is -0.267 e. The van der Waals surface area contributed by atoms with E-state index < -0.39 is 0 Å². The number of nitrogens with one attached hydrogen (secondary N) is 1. The molecule has 0 aliphatic rings. The quantitative estimate of drug-likeness (QED) is 0.785. The lowest BCUT2D eigenvalue weighted by molar-refractivity contribution is 0.704. The normalized spacial score (nSPS) is 11.2. The highest BCUT2D eigenvalue weighted by molar-refractivity contribution is 5.81. The second-order valence-corrected chi connectivity index (χ2v) is 4.26. The van der Waals surface area contributed by atoms with Gasteiger partial charge in [-0.1, -0.05) is 19.9 Å². The highest BCUT2D eigenvalue weighted by atomic mass is 16.1. The van der Waals surface area contributed by atoms with Gasteiger partial charge in [-0.2, -0.15) is 0 Å².